The van der Waals surface area contributed by atoms with Crippen LogP contribution in [0.2, 0.25) is 0 Å². The quantitative estimate of drug-likeness (QED) is 0.309. The number of carboxylic acids is 1. The smallest absolute Gasteiger partial charge is 0.306 e. The van der Waals surface area contributed by atoms with Gasteiger partial charge >= 0.3 is 5.97 Å². The van der Waals surface area contributed by atoms with E-state index in [0.29, 0.717) is 55.1 Å². The summed E-state index contributed by atoms with van der Waals surface area (Å²) in [4.78, 5) is 18.0. The highest BCUT2D eigenvalue weighted by molar-refractivity contribution is 7.14. The summed E-state index contributed by atoms with van der Waals surface area (Å²) in [6, 6.07) is 22.0. The molecule has 1 saturated heterocycles. The first-order valence-electron chi connectivity index (χ1n) is 12.0. The number of ether oxygens (including phenoxy) is 1. The number of halogens is 1. The Bertz CT molecular complexity index is 1440. The molecular weight excluding hydrogens is 489 g/mol. The summed E-state index contributed by atoms with van der Waals surface area (Å²) in [6.45, 7) is 1.58. The monoisotopic (exact) mass is 513 g/mol. The Hall–Kier alpha value is -4.22. The standard InChI is InChI=1S/C29H24FN3O3S/c30-24-9-10-27(36-17-20-3-7-22(8-4-20)21-5-1-19(16-31)2-6-21)25(15-24)26-18-37-29(32-26)33-13-11-23(12-14-33)28(34)35/h1-10,15,18,23H,11-14,17H2,(H,34,35). The molecule has 0 aliphatic carbocycles. The fourth-order valence-electron chi connectivity index (χ4n) is 4.37. The van der Waals surface area contributed by atoms with Crippen LogP contribution in [0.1, 0.15) is 24.0 Å². The molecule has 0 spiro atoms. The summed E-state index contributed by atoms with van der Waals surface area (Å²) in [5.41, 5.74) is 4.87. The number of piperidine rings is 1. The van der Waals surface area contributed by atoms with E-state index in [1.807, 2.05) is 41.8 Å². The number of rotatable bonds is 7. The van der Waals surface area contributed by atoms with Crippen LogP contribution in [0.5, 0.6) is 5.75 Å². The van der Waals surface area contributed by atoms with Gasteiger partial charge in [0.05, 0.1) is 23.2 Å². The van der Waals surface area contributed by atoms with Crippen molar-refractivity contribution in [2.24, 2.45) is 5.92 Å². The SMILES string of the molecule is N#Cc1ccc(-c2ccc(COc3ccc(F)cc3-c3csc(N4CCC(C(=O)O)CC4)n3)cc2)cc1. The first kappa shape index (κ1) is 24.5. The van der Waals surface area contributed by atoms with Crippen molar-refractivity contribution >= 4 is 22.4 Å². The number of benzene rings is 3. The average Bonchev–Trinajstić information content (AvgIpc) is 3.43. The van der Waals surface area contributed by atoms with E-state index in [1.54, 1.807) is 18.2 Å². The largest absolute Gasteiger partial charge is 0.488 e. The van der Waals surface area contributed by atoms with E-state index in [9.17, 15) is 14.3 Å². The maximum atomic E-state index is 14.2. The van der Waals surface area contributed by atoms with E-state index in [0.717, 1.165) is 21.8 Å². The number of hydrogen-bond acceptors (Lipinski definition) is 6. The van der Waals surface area contributed by atoms with E-state index >= 15 is 0 Å². The van der Waals surface area contributed by atoms with Gasteiger partial charge in [0.25, 0.3) is 0 Å². The van der Waals surface area contributed by atoms with Crippen molar-refractivity contribution in [3.05, 3.63) is 89.1 Å². The number of nitriles is 1. The molecule has 1 aliphatic rings. The lowest BCUT2D eigenvalue weighted by Gasteiger charge is -2.29. The Balaban J connectivity index is 1.28. The highest BCUT2D eigenvalue weighted by Crippen LogP contribution is 2.35. The third-order valence-electron chi connectivity index (χ3n) is 6.52. The molecule has 0 radical (unpaired) electrons. The van der Waals surface area contributed by atoms with Gasteiger partial charge in [0.15, 0.2) is 5.13 Å². The topological polar surface area (TPSA) is 86.5 Å². The van der Waals surface area contributed by atoms with Crippen molar-refractivity contribution in [1.82, 2.24) is 4.98 Å². The number of hydrogen-bond donors (Lipinski definition) is 1. The second kappa shape index (κ2) is 10.8. The molecule has 3 aromatic carbocycles. The summed E-state index contributed by atoms with van der Waals surface area (Å²) in [6.07, 6.45) is 1.17. The Morgan fingerprint density at radius 1 is 1.08 bits per heavy atom. The van der Waals surface area contributed by atoms with Crippen molar-refractivity contribution in [2.75, 3.05) is 18.0 Å². The minimum Gasteiger partial charge on any atom is -0.488 e. The van der Waals surface area contributed by atoms with E-state index in [-0.39, 0.29) is 11.7 Å². The van der Waals surface area contributed by atoms with Crippen molar-refractivity contribution in [3.8, 4) is 34.2 Å². The van der Waals surface area contributed by atoms with Gasteiger partial charge in [0.1, 0.15) is 18.2 Å². The molecule has 1 aromatic heterocycles. The third kappa shape index (κ3) is 5.63. The number of carboxylic acid groups (broad SMARTS) is 1. The molecule has 0 unspecified atom stereocenters. The molecule has 37 heavy (non-hydrogen) atoms. The second-order valence-electron chi connectivity index (χ2n) is 8.93. The summed E-state index contributed by atoms with van der Waals surface area (Å²) in [7, 11) is 0. The zero-order valence-electron chi connectivity index (χ0n) is 19.9. The van der Waals surface area contributed by atoms with Crippen LogP contribution in [0.25, 0.3) is 22.4 Å². The number of aromatic nitrogens is 1. The van der Waals surface area contributed by atoms with E-state index in [1.165, 1.54) is 23.5 Å². The number of carbonyl (C=O) groups is 1. The predicted molar refractivity (Wildman–Crippen MR) is 141 cm³/mol. The van der Waals surface area contributed by atoms with Gasteiger partial charge in [-0.25, -0.2) is 9.37 Å². The highest BCUT2D eigenvalue weighted by atomic mass is 32.1. The summed E-state index contributed by atoms with van der Waals surface area (Å²) < 4.78 is 20.3. The lowest BCUT2D eigenvalue weighted by molar-refractivity contribution is -0.142. The third-order valence-corrected chi connectivity index (χ3v) is 7.42. The van der Waals surface area contributed by atoms with Gasteiger partial charge in [-0.05, 0) is 59.9 Å². The molecule has 8 heteroatoms. The maximum absolute atomic E-state index is 14.2. The minimum absolute atomic E-state index is 0.308. The van der Waals surface area contributed by atoms with Crippen LogP contribution < -0.4 is 9.64 Å². The molecule has 2 heterocycles. The van der Waals surface area contributed by atoms with Crippen LogP contribution >= 0.6 is 11.3 Å². The summed E-state index contributed by atoms with van der Waals surface area (Å²) in [5, 5.41) is 20.9. The van der Waals surface area contributed by atoms with Crippen LogP contribution in [0.3, 0.4) is 0 Å². The normalized spacial score (nSPS) is 13.8. The Labute approximate surface area is 218 Å². The molecular formula is C29H24FN3O3S. The highest BCUT2D eigenvalue weighted by Gasteiger charge is 2.26. The fraction of sp³-hybridized carbons (Fsp3) is 0.207. The Morgan fingerprint density at radius 2 is 1.76 bits per heavy atom. The Kier molecular flexibility index (Phi) is 7.15. The molecule has 186 valence electrons. The van der Waals surface area contributed by atoms with Gasteiger partial charge in [-0.15, -0.1) is 11.3 Å². The van der Waals surface area contributed by atoms with Gasteiger partial charge in [0.2, 0.25) is 0 Å². The van der Waals surface area contributed by atoms with Crippen molar-refractivity contribution < 1.29 is 19.0 Å². The number of anilines is 1. The van der Waals surface area contributed by atoms with Crippen LogP contribution in [-0.2, 0) is 11.4 Å². The van der Waals surface area contributed by atoms with Crippen LogP contribution in [0.15, 0.2) is 72.1 Å². The first-order chi connectivity index (χ1) is 18.0. The zero-order chi connectivity index (χ0) is 25.8. The molecule has 0 saturated carbocycles. The molecule has 1 aliphatic heterocycles. The van der Waals surface area contributed by atoms with Gasteiger partial charge in [-0.1, -0.05) is 36.4 Å². The van der Waals surface area contributed by atoms with Gasteiger partial charge < -0.3 is 14.7 Å². The summed E-state index contributed by atoms with van der Waals surface area (Å²) >= 11 is 1.46. The van der Waals surface area contributed by atoms with Crippen LogP contribution in [-0.4, -0.2) is 29.1 Å². The Morgan fingerprint density at radius 3 is 2.41 bits per heavy atom. The lowest BCUT2D eigenvalue weighted by atomic mass is 9.97. The van der Waals surface area contributed by atoms with E-state index < -0.39 is 5.97 Å². The number of thiazole rings is 1. The van der Waals surface area contributed by atoms with Crippen molar-refractivity contribution in [1.29, 1.82) is 5.26 Å². The van der Waals surface area contributed by atoms with Crippen LogP contribution in [0.4, 0.5) is 9.52 Å². The van der Waals surface area contributed by atoms with Crippen molar-refractivity contribution in [2.45, 2.75) is 19.4 Å². The molecule has 4 aromatic rings. The molecule has 0 atom stereocenters. The maximum Gasteiger partial charge on any atom is 0.306 e. The molecule has 1 fully saturated rings. The molecule has 6 nitrogen and oxygen atoms in total. The van der Waals surface area contributed by atoms with Crippen molar-refractivity contribution in [3.63, 3.8) is 0 Å². The average molecular weight is 514 g/mol. The van der Waals surface area contributed by atoms with Gasteiger partial charge in [-0.2, -0.15) is 5.26 Å². The molecule has 0 amide bonds. The molecule has 5 rings (SSSR count). The second-order valence-corrected chi connectivity index (χ2v) is 9.77. The predicted octanol–water partition coefficient (Wildman–Crippen LogP) is 6.37. The molecule has 0 bridgehead atoms. The van der Waals surface area contributed by atoms with Gasteiger partial charge in [0, 0.05) is 24.0 Å². The number of nitrogens with zero attached hydrogens (tertiary/aromatic N) is 3. The minimum atomic E-state index is -0.745. The van der Waals surface area contributed by atoms with Crippen LogP contribution in [0, 0.1) is 23.1 Å². The molecule has 1 N–H and O–H groups in total. The van der Waals surface area contributed by atoms with Gasteiger partial charge in [-0.3, -0.25) is 4.79 Å². The van der Waals surface area contributed by atoms with E-state index in [4.69, 9.17) is 15.0 Å². The summed E-state index contributed by atoms with van der Waals surface area (Å²) in [5.74, 6) is -0.882. The zero-order valence-corrected chi connectivity index (χ0v) is 20.7. The lowest BCUT2D eigenvalue weighted by Crippen LogP contribution is -2.36. The van der Waals surface area contributed by atoms with E-state index in [2.05, 4.69) is 11.0 Å². The first-order valence-corrected chi connectivity index (χ1v) is 12.8. The fourth-order valence-corrected chi connectivity index (χ4v) is 5.25. The number of aliphatic carboxylic acids is 1.